The molecule has 0 aromatic heterocycles. The predicted octanol–water partition coefficient (Wildman–Crippen LogP) is 2.60. The number of rotatable bonds is 0. The van der Waals surface area contributed by atoms with Crippen LogP contribution in [0.2, 0.25) is 0 Å². The summed E-state index contributed by atoms with van der Waals surface area (Å²) < 4.78 is 17.7. The van der Waals surface area contributed by atoms with Gasteiger partial charge in [0, 0.05) is 69.6 Å². The van der Waals surface area contributed by atoms with Crippen molar-refractivity contribution in [1.82, 2.24) is 14.7 Å². The number of carbonyl (C=O) groups is 3. The summed E-state index contributed by atoms with van der Waals surface area (Å²) in [7, 11) is 6.15. The average Bonchev–Trinajstić information content (AvgIpc) is 3.99. The lowest BCUT2D eigenvalue weighted by atomic mass is 9.51. The van der Waals surface area contributed by atoms with Crippen LogP contribution < -0.4 is 14.2 Å². The molecule has 5 fully saturated rings. The number of aromatic hydroxyl groups is 7. The number of hydrogen-bond acceptors (Lipinski definition) is 17. The lowest BCUT2D eigenvalue weighted by molar-refractivity contribution is -0.151. The third-order valence-corrected chi connectivity index (χ3v) is 19.4. The van der Waals surface area contributed by atoms with E-state index in [1.54, 1.807) is 12.1 Å². The van der Waals surface area contributed by atoms with Gasteiger partial charge in [-0.25, -0.2) is 0 Å². The number of ketones is 3. The number of likely N-dealkylation sites (N-methyl/N-ethyl adjacent to an activating group) is 3. The Morgan fingerprint density at radius 3 is 1.60 bits per heavy atom. The van der Waals surface area contributed by atoms with Crippen molar-refractivity contribution in [3.8, 4) is 57.5 Å². The SMILES string of the molecule is CN1CC[C@]23c4c5c(O)c(O)c(O)c4O[C@H]2C(=O)CC[C@H]3[C@H]1C5.CN1CC[C@]23c4c5c(O)c(O)c(O)c4O[C@H]2C(=O)CC[C@H]3[C@H]1C5.CN1CC[C@]23c4c5ccc(O)c4O[C@H]2C(=O)C=C[C@@]3(O)[C@H]1C5. The maximum atomic E-state index is 12.5. The van der Waals surface area contributed by atoms with Crippen LogP contribution >= 0.6 is 0 Å². The molecule has 3 saturated heterocycles. The Morgan fingerprint density at radius 2 is 1.07 bits per heavy atom. The molecular weight excluding hydrogens is 879 g/mol. The van der Waals surface area contributed by atoms with Gasteiger partial charge in [0.25, 0.3) is 0 Å². The van der Waals surface area contributed by atoms with Crippen LogP contribution in [-0.2, 0) is 49.9 Å². The first kappa shape index (κ1) is 42.4. The first-order valence-corrected chi connectivity index (χ1v) is 24.0. The zero-order chi connectivity index (χ0) is 47.5. The van der Waals surface area contributed by atoms with Gasteiger partial charge in [0.1, 0.15) is 5.60 Å². The molecule has 6 bridgehead atoms. The molecule has 68 heavy (non-hydrogen) atoms. The maximum absolute atomic E-state index is 12.5. The molecular formula is C51H55N3O14. The van der Waals surface area contributed by atoms with Crippen LogP contribution in [0.1, 0.15) is 78.3 Å². The van der Waals surface area contributed by atoms with Crippen LogP contribution in [0.25, 0.3) is 0 Å². The number of phenolic OH excluding ortho intramolecular Hbond substituents is 7. The van der Waals surface area contributed by atoms with Crippen LogP contribution in [0.3, 0.4) is 0 Å². The smallest absolute Gasteiger partial charge is 0.204 e. The van der Waals surface area contributed by atoms with Crippen molar-refractivity contribution in [2.45, 2.75) is 122 Å². The quantitative estimate of drug-likeness (QED) is 0.151. The van der Waals surface area contributed by atoms with Gasteiger partial charge >= 0.3 is 0 Å². The van der Waals surface area contributed by atoms with Gasteiger partial charge in [-0.1, -0.05) is 6.07 Å². The molecule has 12 aliphatic rings. The molecule has 15 rings (SSSR count). The largest absolute Gasteiger partial charge is 0.504 e. The molecule has 8 N–H and O–H groups in total. The van der Waals surface area contributed by atoms with Crippen molar-refractivity contribution in [2.75, 3.05) is 40.8 Å². The van der Waals surface area contributed by atoms with Crippen molar-refractivity contribution in [1.29, 1.82) is 0 Å². The highest BCUT2D eigenvalue weighted by Crippen LogP contribution is 2.69. The van der Waals surface area contributed by atoms with Crippen molar-refractivity contribution >= 4 is 17.3 Å². The molecule has 6 aliphatic heterocycles. The Labute approximate surface area is 390 Å². The Kier molecular flexibility index (Phi) is 8.42. The molecule has 358 valence electrons. The highest BCUT2D eigenvalue weighted by atomic mass is 16.5. The second-order valence-electron chi connectivity index (χ2n) is 21.7. The molecule has 2 saturated carbocycles. The van der Waals surface area contributed by atoms with Gasteiger partial charge in [-0.3, -0.25) is 19.3 Å². The molecule has 3 aromatic carbocycles. The summed E-state index contributed by atoms with van der Waals surface area (Å²) in [5.41, 5.74) is 1.93. The second-order valence-corrected chi connectivity index (χ2v) is 21.7. The Morgan fingerprint density at radius 1 is 0.574 bits per heavy atom. The predicted molar refractivity (Wildman–Crippen MR) is 238 cm³/mol. The van der Waals surface area contributed by atoms with E-state index in [0.717, 1.165) is 67.6 Å². The van der Waals surface area contributed by atoms with Crippen LogP contribution in [0.5, 0.6) is 57.5 Å². The Bertz CT molecular complexity index is 2760. The zero-order valence-electron chi connectivity index (χ0n) is 38.0. The number of likely N-dealkylation sites (tertiary alicyclic amines) is 3. The fourth-order valence-corrected chi connectivity index (χ4v) is 16.4. The molecule has 3 aromatic rings. The van der Waals surface area contributed by atoms with Gasteiger partial charge in [0.15, 0.2) is 70.2 Å². The topological polar surface area (TPSA) is 250 Å². The summed E-state index contributed by atoms with van der Waals surface area (Å²) in [5, 5.41) is 83.1. The minimum Gasteiger partial charge on any atom is -0.504 e. The molecule has 17 nitrogen and oxygen atoms in total. The lowest BCUT2D eigenvalue weighted by Gasteiger charge is -2.60. The standard InChI is InChI=1S/2C17H19NO5.C17H17NO4/c2*1-18-5-4-17-8-2-3-10(19)16(17)23-15-11(17)7(6-9(8)18)12(20)13(21)14(15)22;1-18-7-6-16-13-9-2-3-10(19)14(13)22-15(16)11(20)4-5-17(16,21)12(18)8-9/h2*8-9,16,20-22H,2-6H2,1H3;2-5,12,15,19,21H,6-8H2,1H3/t2*8-,9+,16-,17-;12-,15+,16+,17-/m001/s1. The van der Waals surface area contributed by atoms with E-state index in [2.05, 4.69) is 28.8 Å². The molecule has 3 spiro atoms. The second kappa shape index (κ2) is 13.5. The molecule has 17 heteroatoms. The number of phenols is 7. The summed E-state index contributed by atoms with van der Waals surface area (Å²) in [6.45, 7) is 2.51. The van der Waals surface area contributed by atoms with Gasteiger partial charge in [-0.05, 0) is 128 Å². The first-order chi connectivity index (χ1) is 32.4. The molecule has 0 unspecified atom stereocenters. The minimum absolute atomic E-state index is 0.0510. The zero-order valence-corrected chi connectivity index (χ0v) is 38.0. The van der Waals surface area contributed by atoms with Crippen molar-refractivity contribution < 1.29 is 69.4 Å². The van der Waals surface area contributed by atoms with Crippen LogP contribution in [0.4, 0.5) is 0 Å². The van der Waals surface area contributed by atoms with Gasteiger partial charge in [0.2, 0.25) is 23.0 Å². The molecule has 0 amide bonds. The fourth-order valence-electron chi connectivity index (χ4n) is 16.4. The third kappa shape index (κ3) is 4.70. The van der Waals surface area contributed by atoms with Gasteiger partial charge in [-0.15, -0.1) is 0 Å². The Balaban J connectivity index is 0.000000101. The molecule has 6 aliphatic carbocycles. The lowest BCUT2D eigenvalue weighted by Crippen LogP contribution is -2.74. The van der Waals surface area contributed by atoms with Crippen LogP contribution in [-0.4, -0.2) is 156 Å². The van der Waals surface area contributed by atoms with E-state index in [4.69, 9.17) is 14.2 Å². The van der Waals surface area contributed by atoms with Gasteiger partial charge in [0.05, 0.1) is 5.41 Å². The summed E-state index contributed by atoms with van der Waals surface area (Å²) in [6, 6.07) is 3.88. The average molecular weight is 934 g/mol. The normalized spacial score (nSPS) is 38.7. The number of nitrogens with zero attached hydrogens (tertiary/aromatic N) is 3. The van der Waals surface area contributed by atoms with Crippen molar-refractivity contribution in [2.24, 2.45) is 11.8 Å². The molecule has 0 radical (unpaired) electrons. The number of Topliss-reactive ketones (excluding diaryl/α,β-unsaturated/α-hetero) is 2. The summed E-state index contributed by atoms with van der Waals surface area (Å²) in [5.74, 6) is -1.06. The van der Waals surface area contributed by atoms with Crippen molar-refractivity contribution in [3.05, 3.63) is 57.7 Å². The summed E-state index contributed by atoms with van der Waals surface area (Å²) >= 11 is 0. The number of benzene rings is 3. The van der Waals surface area contributed by atoms with E-state index < -0.39 is 63.2 Å². The first-order valence-electron chi connectivity index (χ1n) is 24.0. The number of ether oxygens (including phenoxy) is 3. The monoisotopic (exact) mass is 933 g/mol. The van der Waals surface area contributed by atoms with Gasteiger partial charge < -0.3 is 64.9 Å². The van der Waals surface area contributed by atoms with E-state index in [1.807, 2.05) is 13.1 Å². The number of hydrogen-bond donors (Lipinski definition) is 8. The van der Waals surface area contributed by atoms with Crippen molar-refractivity contribution in [3.63, 3.8) is 0 Å². The number of carbonyl (C=O) groups excluding carboxylic acids is 3. The van der Waals surface area contributed by atoms with E-state index >= 15 is 0 Å². The van der Waals surface area contributed by atoms with E-state index in [0.29, 0.717) is 55.4 Å². The minimum atomic E-state index is -1.13. The highest BCUT2D eigenvalue weighted by molar-refractivity contribution is 5.99. The number of aliphatic hydroxyl groups is 1. The highest BCUT2D eigenvalue weighted by Gasteiger charge is 2.72. The van der Waals surface area contributed by atoms with Crippen LogP contribution in [0, 0.1) is 11.8 Å². The fraction of sp³-hybridized carbons (Fsp3) is 0.549. The number of piperidine rings is 3. The van der Waals surface area contributed by atoms with E-state index in [-0.39, 0.29) is 76.1 Å². The maximum Gasteiger partial charge on any atom is 0.204 e. The van der Waals surface area contributed by atoms with E-state index in [9.17, 15) is 55.2 Å². The van der Waals surface area contributed by atoms with Gasteiger partial charge in [-0.2, -0.15) is 0 Å². The summed E-state index contributed by atoms with van der Waals surface area (Å²) in [4.78, 5) is 44.2. The third-order valence-electron chi connectivity index (χ3n) is 19.4. The molecule has 12 atom stereocenters. The molecule has 6 heterocycles. The van der Waals surface area contributed by atoms with Crippen LogP contribution in [0.15, 0.2) is 24.3 Å². The summed E-state index contributed by atoms with van der Waals surface area (Å²) in [6.07, 6.45) is 7.86. The Hall–Kier alpha value is -5.75. The van der Waals surface area contributed by atoms with E-state index in [1.165, 1.54) is 6.08 Å².